The summed E-state index contributed by atoms with van der Waals surface area (Å²) in [5, 5.41) is 10.4. The van der Waals surface area contributed by atoms with Crippen LogP contribution in [-0.4, -0.2) is 14.7 Å². The van der Waals surface area contributed by atoms with Gasteiger partial charge < -0.3 is 9.67 Å². The third-order valence-corrected chi connectivity index (χ3v) is 3.27. The van der Waals surface area contributed by atoms with Crippen LogP contribution < -0.4 is 0 Å². The molecule has 1 N–H and O–H groups in total. The van der Waals surface area contributed by atoms with Crippen molar-refractivity contribution in [2.45, 2.75) is 32.8 Å². The Balaban J connectivity index is 2.28. The summed E-state index contributed by atoms with van der Waals surface area (Å²) in [6.45, 7) is 4.17. The van der Waals surface area contributed by atoms with Crippen molar-refractivity contribution in [1.82, 2.24) is 9.55 Å². The van der Waals surface area contributed by atoms with E-state index in [2.05, 4.69) is 11.9 Å². The maximum absolute atomic E-state index is 10.4. The molecule has 2 aromatic rings. The molecule has 96 valence electrons. The van der Waals surface area contributed by atoms with Gasteiger partial charge in [-0.2, -0.15) is 0 Å². The third-order valence-electron chi connectivity index (χ3n) is 3.27. The number of aryl methyl sites for hydroxylation is 2. The van der Waals surface area contributed by atoms with Gasteiger partial charge in [-0.25, -0.2) is 4.98 Å². The lowest BCUT2D eigenvalue weighted by Crippen LogP contribution is -2.07. The fraction of sp³-hybridized carbons (Fsp3) is 0.400. The van der Waals surface area contributed by atoms with Gasteiger partial charge in [0.2, 0.25) is 0 Å². The molecule has 0 saturated heterocycles. The predicted molar refractivity (Wildman–Crippen MR) is 72.4 cm³/mol. The quantitative estimate of drug-likeness (QED) is 0.898. The Bertz CT molecular complexity index is 514. The first-order valence-corrected chi connectivity index (χ1v) is 6.38. The molecule has 0 radical (unpaired) electrons. The average Bonchev–Trinajstić information content (AvgIpc) is 2.72. The summed E-state index contributed by atoms with van der Waals surface area (Å²) >= 11 is 0. The molecule has 0 amide bonds. The SMILES string of the molecule is CCCc1ncc([C@@H](O)c2ccc(C)cc2)n1C. The van der Waals surface area contributed by atoms with Gasteiger partial charge in [-0.1, -0.05) is 36.8 Å². The van der Waals surface area contributed by atoms with E-state index in [0.717, 1.165) is 29.9 Å². The number of rotatable bonds is 4. The van der Waals surface area contributed by atoms with Crippen molar-refractivity contribution in [3.05, 3.63) is 53.1 Å². The van der Waals surface area contributed by atoms with Crippen LogP contribution in [0.15, 0.2) is 30.5 Å². The summed E-state index contributed by atoms with van der Waals surface area (Å²) in [7, 11) is 1.96. The minimum Gasteiger partial charge on any atom is -0.382 e. The highest BCUT2D eigenvalue weighted by Gasteiger charge is 2.16. The first-order chi connectivity index (χ1) is 8.63. The van der Waals surface area contributed by atoms with E-state index in [1.54, 1.807) is 6.20 Å². The second-order valence-corrected chi connectivity index (χ2v) is 4.72. The molecule has 0 aliphatic rings. The van der Waals surface area contributed by atoms with Crippen molar-refractivity contribution in [3.63, 3.8) is 0 Å². The van der Waals surface area contributed by atoms with Crippen molar-refractivity contribution in [2.24, 2.45) is 7.05 Å². The molecule has 0 bridgehead atoms. The van der Waals surface area contributed by atoms with E-state index in [1.165, 1.54) is 5.56 Å². The maximum Gasteiger partial charge on any atom is 0.121 e. The molecule has 0 aliphatic heterocycles. The van der Waals surface area contributed by atoms with Gasteiger partial charge in [0, 0.05) is 13.5 Å². The zero-order valence-corrected chi connectivity index (χ0v) is 11.2. The lowest BCUT2D eigenvalue weighted by molar-refractivity contribution is 0.211. The second kappa shape index (κ2) is 5.36. The standard InChI is InChI=1S/C15H20N2O/c1-4-5-14-16-10-13(17(14)3)15(18)12-8-6-11(2)7-9-12/h6-10,15,18H,4-5H2,1-3H3/t15-/m0/s1. The highest BCUT2D eigenvalue weighted by Crippen LogP contribution is 2.22. The van der Waals surface area contributed by atoms with Crippen LogP contribution in [0.4, 0.5) is 0 Å². The van der Waals surface area contributed by atoms with E-state index in [1.807, 2.05) is 42.8 Å². The van der Waals surface area contributed by atoms with Gasteiger partial charge in [-0.15, -0.1) is 0 Å². The van der Waals surface area contributed by atoms with Crippen LogP contribution in [0, 0.1) is 6.92 Å². The van der Waals surface area contributed by atoms with Gasteiger partial charge in [-0.05, 0) is 18.9 Å². The third kappa shape index (κ3) is 2.46. The van der Waals surface area contributed by atoms with Crippen molar-refractivity contribution in [1.29, 1.82) is 0 Å². The maximum atomic E-state index is 10.4. The number of imidazole rings is 1. The Morgan fingerprint density at radius 3 is 2.56 bits per heavy atom. The lowest BCUT2D eigenvalue weighted by atomic mass is 10.1. The van der Waals surface area contributed by atoms with E-state index in [9.17, 15) is 5.11 Å². The average molecular weight is 244 g/mol. The first-order valence-electron chi connectivity index (χ1n) is 6.38. The largest absolute Gasteiger partial charge is 0.382 e. The summed E-state index contributed by atoms with van der Waals surface area (Å²) in [6, 6.07) is 7.96. The predicted octanol–water partition coefficient (Wildman–Crippen LogP) is 2.76. The Labute approximate surface area is 108 Å². The molecule has 1 atom stereocenters. The Hall–Kier alpha value is -1.61. The number of benzene rings is 1. The summed E-state index contributed by atoms with van der Waals surface area (Å²) in [6.07, 6.45) is 3.17. The highest BCUT2D eigenvalue weighted by atomic mass is 16.3. The molecule has 1 aromatic carbocycles. The number of aliphatic hydroxyl groups is 1. The van der Waals surface area contributed by atoms with Gasteiger partial charge in [0.1, 0.15) is 11.9 Å². The molecule has 0 unspecified atom stereocenters. The molecule has 2 rings (SSSR count). The number of hydrogen-bond acceptors (Lipinski definition) is 2. The van der Waals surface area contributed by atoms with Crippen LogP contribution in [0.3, 0.4) is 0 Å². The van der Waals surface area contributed by atoms with E-state index < -0.39 is 6.10 Å². The molecule has 1 aromatic heterocycles. The molecule has 0 spiro atoms. The van der Waals surface area contributed by atoms with Crippen LogP contribution in [0.25, 0.3) is 0 Å². The summed E-state index contributed by atoms with van der Waals surface area (Å²) in [5.74, 6) is 1.03. The van der Waals surface area contributed by atoms with Gasteiger partial charge in [-0.3, -0.25) is 0 Å². The van der Waals surface area contributed by atoms with Gasteiger partial charge in [0.05, 0.1) is 11.9 Å². The smallest absolute Gasteiger partial charge is 0.121 e. The molecular formula is C15H20N2O. The molecule has 1 heterocycles. The Morgan fingerprint density at radius 2 is 1.94 bits per heavy atom. The number of aliphatic hydroxyl groups excluding tert-OH is 1. The zero-order valence-electron chi connectivity index (χ0n) is 11.2. The van der Waals surface area contributed by atoms with E-state index >= 15 is 0 Å². The number of aromatic nitrogens is 2. The van der Waals surface area contributed by atoms with Crippen LogP contribution in [0.1, 0.15) is 42.1 Å². The fourth-order valence-corrected chi connectivity index (χ4v) is 2.09. The van der Waals surface area contributed by atoms with Crippen molar-refractivity contribution in [3.8, 4) is 0 Å². The van der Waals surface area contributed by atoms with E-state index in [-0.39, 0.29) is 0 Å². The monoisotopic (exact) mass is 244 g/mol. The van der Waals surface area contributed by atoms with Gasteiger partial charge >= 0.3 is 0 Å². The van der Waals surface area contributed by atoms with Gasteiger partial charge in [0.25, 0.3) is 0 Å². The van der Waals surface area contributed by atoms with Crippen LogP contribution >= 0.6 is 0 Å². The van der Waals surface area contributed by atoms with Crippen LogP contribution in [0.5, 0.6) is 0 Å². The molecule has 0 fully saturated rings. The normalized spacial score (nSPS) is 12.7. The summed E-state index contributed by atoms with van der Waals surface area (Å²) in [4.78, 5) is 4.37. The minimum absolute atomic E-state index is 0.603. The minimum atomic E-state index is -0.603. The number of nitrogens with zero attached hydrogens (tertiary/aromatic N) is 2. The van der Waals surface area contributed by atoms with Crippen molar-refractivity contribution in [2.75, 3.05) is 0 Å². The van der Waals surface area contributed by atoms with Crippen LogP contribution in [0.2, 0.25) is 0 Å². The zero-order chi connectivity index (χ0) is 13.1. The Morgan fingerprint density at radius 1 is 1.28 bits per heavy atom. The number of hydrogen-bond donors (Lipinski definition) is 1. The lowest BCUT2D eigenvalue weighted by Gasteiger charge is -2.13. The van der Waals surface area contributed by atoms with Crippen molar-refractivity contribution < 1.29 is 5.11 Å². The highest BCUT2D eigenvalue weighted by molar-refractivity contribution is 5.28. The molecular weight excluding hydrogens is 224 g/mol. The molecule has 3 heteroatoms. The van der Waals surface area contributed by atoms with Gasteiger partial charge in [0.15, 0.2) is 0 Å². The summed E-state index contributed by atoms with van der Waals surface area (Å²) in [5.41, 5.74) is 2.96. The molecule has 18 heavy (non-hydrogen) atoms. The topological polar surface area (TPSA) is 38.1 Å². The molecule has 0 aliphatic carbocycles. The molecule has 3 nitrogen and oxygen atoms in total. The van der Waals surface area contributed by atoms with E-state index in [0.29, 0.717) is 0 Å². The van der Waals surface area contributed by atoms with E-state index in [4.69, 9.17) is 0 Å². The Kier molecular flexibility index (Phi) is 3.82. The summed E-state index contributed by atoms with van der Waals surface area (Å²) < 4.78 is 1.99. The molecule has 0 saturated carbocycles. The van der Waals surface area contributed by atoms with Crippen molar-refractivity contribution >= 4 is 0 Å². The second-order valence-electron chi connectivity index (χ2n) is 4.72. The van der Waals surface area contributed by atoms with Crippen LogP contribution in [-0.2, 0) is 13.5 Å². The fourth-order valence-electron chi connectivity index (χ4n) is 2.09. The first kappa shape index (κ1) is 12.8.